The molecule has 2 heteroatoms. The molecule has 0 bridgehead atoms. The van der Waals surface area contributed by atoms with Gasteiger partial charge in [0.15, 0.2) is 0 Å². The maximum atomic E-state index is 3.89. The third kappa shape index (κ3) is 4.85. The van der Waals surface area contributed by atoms with Crippen LogP contribution in [-0.4, -0.2) is 0 Å². The van der Waals surface area contributed by atoms with Gasteiger partial charge in [-0.1, -0.05) is 115 Å². The van der Waals surface area contributed by atoms with E-state index in [4.69, 9.17) is 0 Å². The Hall–Kier alpha value is -4.92. The molecular formula is C44H37NS. The Labute approximate surface area is 274 Å². The van der Waals surface area contributed by atoms with Crippen LogP contribution in [0.5, 0.6) is 0 Å². The van der Waals surface area contributed by atoms with Crippen LogP contribution >= 0.6 is 11.3 Å². The quantitative estimate of drug-likeness (QED) is 0.151. The highest BCUT2D eigenvalue weighted by molar-refractivity contribution is 7.10. The van der Waals surface area contributed by atoms with E-state index in [2.05, 4.69) is 141 Å². The number of hydrogen-bond donors (Lipinski definition) is 1. The zero-order valence-corrected chi connectivity index (χ0v) is 27.3. The highest BCUT2D eigenvalue weighted by Crippen LogP contribution is 2.37. The van der Waals surface area contributed by atoms with E-state index in [-0.39, 0.29) is 0 Å². The average molecular weight is 612 g/mol. The SMILES string of the molecule is C=C/C=C\C1=C(C)C/C(=c2\sc3c(\c2=C(\C)c2ccccc2Nc2ccc4c5ccccc5c5ccccc5c4c2)C=CCC3)C1. The molecule has 5 aromatic carbocycles. The molecule has 0 aliphatic heterocycles. The zero-order chi connectivity index (χ0) is 31.2. The van der Waals surface area contributed by atoms with Crippen molar-refractivity contribution >= 4 is 72.3 Å². The number of thiophene rings is 1. The van der Waals surface area contributed by atoms with Crippen molar-refractivity contribution in [3.8, 4) is 0 Å². The van der Waals surface area contributed by atoms with Crippen molar-refractivity contribution in [3.05, 3.63) is 159 Å². The summed E-state index contributed by atoms with van der Waals surface area (Å²) in [5.74, 6) is 0. The van der Waals surface area contributed by atoms with Gasteiger partial charge in [-0.05, 0) is 112 Å². The first-order chi connectivity index (χ1) is 22.6. The Morgan fingerprint density at radius 3 is 2.22 bits per heavy atom. The molecule has 1 N–H and O–H groups in total. The van der Waals surface area contributed by atoms with Crippen LogP contribution in [0.2, 0.25) is 0 Å². The summed E-state index contributed by atoms with van der Waals surface area (Å²) in [4.78, 5) is 1.52. The van der Waals surface area contributed by atoms with Gasteiger partial charge in [0.05, 0.1) is 0 Å². The fourth-order valence-electron chi connectivity index (χ4n) is 7.51. The van der Waals surface area contributed by atoms with Gasteiger partial charge in [0, 0.05) is 31.6 Å². The molecule has 1 aromatic heterocycles. The molecule has 0 atom stereocenters. The van der Waals surface area contributed by atoms with Crippen molar-refractivity contribution in [2.24, 2.45) is 0 Å². The largest absolute Gasteiger partial charge is 0.355 e. The van der Waals surface area contributed by atoms with E-state index >= 15 is 0 Å². The highest BCUT2D eigenvalue weighted by Gasteiger charge is 2.20. The number of anilines is 2. The number of benzene rings is 5. The van der Waals surface area contributed by atoms with Gasteiger partial charge in [0.25, 0.3) is 0 Å². The Kier molecular flexibility index (Phi) is 7.31. The van der Waals surface area contributed by atoms with Gasteiger partial charge >= 0.3 is 0 Å². The van der Waals surface area contributed by atoms with Gasteiger partial charge < -0.3 is 5.32 Å². The average Bonchev–Trinajstić information content (AvgIpc) is 3.67. The van der Waals surface area contributed by atoms with Gasteiger partial charge in [-0.2, -0.15) is 0 Å². The number of allylic oxidation sites excluding steroid dienone is 6. The normalized spacial score (nSPS) is 16.6. The lowest BCUT2D eigenvalue weighted by Gasteiger charge is -2.15. The predicted octanol–water partition coefficient (Wildman–Crippen LogP) is 11.1. The van der Waals surface area contributed by atoms with Crippen LogP contribution in [0.4, 0.5) is 11.4 Å². The number of para-hydroxylation sites is 1. The number of hydrogen-bond acceptors (Lipinski definition) is 2. The molecule has 224 valence electrons. The summed E-state index contributed by atoms with van der Waals surface area (Å²) in [5.41, 5.74) is 10.7. The first-order valence-electron chi connectivity index (χ1n) is 16.3. The lowest BCUT2D eigenvalue weighted by Crippen LogP contribution is -2.26. The number of aryl methyl sites for hydroxylation is 1. The molecule has 1 nitrogen and oxygen atoms in total. The molecule has 1 heterocycles. The maximum absolute atomic E-state index is 3.89. The lowest BCUT2D eigenvalue weighted by molar-refractivity contribution is 1.01. The molecule has 0 unspecified atom stereocenters. The van der Waals surface area contributed by atoms with E-state index in [0.29, 0.717) is 0 Å². The van der Waals surface area contributed by atoms with Crippen LogP contribution in [0.25, 0.3) is 49.5 Å². The standard InChI is InChI=1S/C44H37NS/c1-4-5-14-30-26-31(25-28(30)2)44-43(39-20-11-13-22-42(39)46-44)29(3)33-15-10-12-21-41(33)45-32-23-24-38-36-18-7-6-16-34(36)35-17-8-9-19-37(35)40(38)27-32/h4-12,14-21,23-24,27,45H,1,13,22,25-26H2,2-3H3/b14-5-,43-29+,44-31+. The van der Waals surface area contributed by atoms with Crippen LogP contribution in [0, 0.1) is 0 Å². The van der Waals surface area contributed by atoms with Crippen molar-refractivity contribution in [2.45, 2.75) is 39.5 Å². The minimum atomic E-state index is 1.01. The third-order valence-electron chi connectivity index (χ3n) is 9.76. The van der Waals surface area contributed by atoms with Gasteiger partial charge in [-0.15, -0.1) is 11.3 Å². The smallest absolute Gasteiger partial charge is 0.0460 e. The van der Waals surface area contributed by atoms with E-state index in [1.807, 2.05) is 17.4 Å². The summed E-state index contributed by atoms with van der Waals surface area (Å²) in [5, 5.41) is 13.0. The van der Waals surface area contributed by atoms with Crippen molar-refractivity contribution in [3.63, 3.8) is 0 Å². The highest BCUT2D eigenvalue weighted by atomic mass is 32.1. The van der Waals surface area contributed by atoms with Crippen LogP contribution in [-0.2, 0) is 6.42 Å². The monoisotopic (exact) mass is 611 g/mol. The fraction of sp³-hybridized carbons (Fsp3) is 0.136. The second-order valence-electron chi connectivity index (χ2n) is 12.6. The molecular weight excluding hydrogens is 575 g/mol. The second kappa shape index (κ2) is 11.8. The summed E-state index contributed by atoms with van der Waals surface area (Å²) in [6.07, 6.45) is 15.2. The molecule has 46 heavy (non-hydrogen) atoms. The predicted molar refractivity (Wildman–Crippen MR) is 202 cm³/mol. The van der Waals surface area contributed by atoms with Crippen molar-refractivity contribution < 1.29 is 0 Å². The third-order valence-corrected chi connectivity index (χ3v) is 11.1. The molecule has 0 spiro atoms. The van der Waals surface area contributed by atoms with Gasteiger partial charge in [-0.3, -0.25) is 0 Å². The van der Waals surface area contributed by atoms with E-state index < -0.39 is 0 Å². The van der Waals surface area contributed by atoms with Gasteiger partial charge in [0.2, 0.25) is 0 Å². The molecule has 0 saturated carbocycles. The number of rotatable bonds is 5. The first kappa shape index (κ1) is 28.5. The zero-order valence-electron chi connectivity index (χ0n) is 26.5. The first-order valence-corrected chi connectivity index (χ1v) is 17.1. The number of nitrogens with one attached hydrogen (secondary N) is 1. The summed E-state index contributed by atoms with van der Waals surface area (Å²) in [6.45, 7) is 8.49. The van der Waals surface area contributed by atoms with Crippen LogP contribution in [0.1, 0.15) is 49.1 Å². The summed E-state index contributed by atoms with van der Waals surface area (Å²) >= 11 is 2.02. The van der Waals surface area contributed by atoms with E-state index in [1.165, 1.54) is 74.8 Å². The van der Waals surface area contributed by atoms with E-state index in [0.717, 1.165) is 37.1 Å². The molecule has 2 aliphatic rings. The van der Waals surface area contributed by atoms with Crippen LogP contribution in [0.3, 0.4) is 0 Å². The topological polar surface area (TPSA) is 12.0 Å². The maximum Gasteiger partial charge on any atom is 0.0460 e. The summed E-state index contributed by atoms with van der Waals surface area (Å²) in [7, 11) is 0. The van der Waals surface area contributed by atoms with Crippen molar-refractivity contribution in [1.29, 1.82) is 0 Å². The minimum absolute atomic E-state index is 1.01. The van der Waals surface area contributed by atoms with E-state index in [1.54, 1.807) is 5.57 Å². The molecule has 6 aromatic rings. The Bertz CT molecular complexity index is 2390. The minimum Gasteiger partial charge on any atom is -0.355 e. The molecule has 0 radical (unpaired) electrons. The lowest BCUT2D eigenvalue weighted by atomic mass is 9.94. The molecule has 8 rings (SSSR count). The van der Waals surface area contributed by atoms with Gasteiger partial charge in [-0.25, -0.2) is 0 Å². The van der Waals surface area contributed by atoms with Crippen molar-refractivity contribution in [1.82, 2.24) is 0 Å². The van der Waals surface area contributed by atoms with Crippen LogP contribution in [0.15, 0.2) is 133 Å². The Morgan fingerprint density at radius 2 is 1.48 bits per heavy atom. The molecule has 0 fully saturated rings. The number of fused-ring (bicyclic) bond motifs is 7. The van der Waals surface area contributed by atoms with E-state index in [9.17, 15) is 0 Å². The Morgan fingerprint density at radius 1 is 0.804 bits per heavy atom. The molecule has 0 saturated heterocycles. The van der Waals surface area contributed by atoms with Crippen molar-refractivity contribution in [2.75, 3.05) is 5.32 Å². The molecule has 2 aliphatic carbocycles. The fourth-order valence-corrected chi connectivity index (χ4v) is 8.91. The second-order valence-corrected chi connectivity index (χ2v) is 13.7. The Balaban J connectivity index is 1.28. The molecule has 0 amide bonds. The summed E-state index contributed by atoms with van der Waals surface area (Å²) in [6, 6.07) is 33.2. The van der Waals surface area contributed by atoms with Gasteiger partial charge in [0.1, 0.15) is 0 Å². The van der Waals surface area contributed by atoms with Crippen LogP contribution < -0.4 is 15.1 Å². The summed E-state index contributed by atoms with van der Waals surface area (Å²) < 4.78 is 1.47.